The van der Waals surface area contributed by atoms with Crippen LogP contribution in [0.25, 0.3) is 0 Å². The zero-order valence-corrected chi connectivity index (χ0v) is 12.1. The average Bonchev–Trinajstić information content (AvgIpc) is 1.76. The van der Waals surface area contributed by atoms with Gasteiger partial charge in [-0.3, -0.25) is 0 Å². The number of halogens is 4. The monoisotopic (exact) mass is 280 g/mol. The normalized spacial score (nSPS) is 14.2. The van der Waals surface area contributed by atoms with Gasteiger partial charge in [0.2, 0.25) is 6.69 Å². The van der Waals surface area contributed by atoms with Crippen LogP contribution in [0.2, 0.25) is 19.1 Å². The lowest BCUT2D eigenvalue weighted by molar-refractivity contribution is 1.19. The Hall–Kier alpha value is 1.33. The SMILES string of the molecule is C[Si](Cl)(Cl)C=CCC[Si](C)(Cl)Cl. The molecule has 0 N–H and O–H groups in total. The summed E-state index contributed by atoms with van der Waals surface area (Å²) in [5.41, 5.74) is 1.88. The van der Waals surface area contributed by atoms with Gasteiger partial charge in [0.05, 0.1) is 0 Å². The first kappa shape index (κ1) is 13.3. The first-order valence-electron chi connectivity index (χ1n) is 3.64. The molecule has 0 amide bonds. The van der Waals surface area contributed by atoms with Crippen molar-refractivity contribution >= 4 is 57.7 Å². The fraction of sp³-hybridized carbons (Fsp3) is 0.667. The molecule has 0 saturated heterocycles. The van der Waals surface area contributed by atoms with Crippen molar-refractivity contribution in [2.24, 2.45) is 0 Å². The number of allylic oxidation sites excluding steroid dienone is 1. The van der Waals surface area contributed by atoms with Crippen LogP contribution < -0.4 is 0 Å². The summed E-state index contributed by atoms with van der Waals surface area (Å²) in [6.07, 6.45) is 2.85. The van der Waals surface area contributed by atoms with E-state index in [-0.39, 0.29) is 0 Å². The van der Waals surface area contributed by atoms with E-state index >= 15 is 0 Å². The lowest BCUT2D eigenvalue weighted by Gasteiger charge is -2.07. The molecule has 0 atom stereocenters. The van der Waals surface area contributed by atoms with Crippen LogP contribution >= 0.6 is 44.3 Å². The van der Waals surface area contributed by atoms with Gasteiger partial charge >= 0.3 is 0 Å². The first-order valence-corrected chi connectivity index (χ1v) is 13.0. The quantitative estimate of drug-likeness (QED) is 0.523. The summed E-state index contributed by atoms with van der Waals surface area (Å²) in [5, 5.41) is 0. The van der Waals surface area contributed by atoms with Crippen molar-refractivity contribution in [2.45, 2.75) is 25.6 Å². The third-order valence-electron chi connectivity index (χ3n) is 1.16. The van der Waals surface area contributed by atoms with Crippen molar-refractivity contribution in [3.63, 3.8) is 0 Å². The number of hydrogen-bond acceptors (Lipinski definition) is 0. The maximum atomic E-state index is 5.90. The molecule has 0 aliphatic heterocycles. The Kier molecular flexibility index (Phi) is 5.86. The van der Waals surface area contributed by atoms with Gasteiger partial charge in [-0.1, -0.05) is 11.8 Å². The highest BCUT2D eigenvalue weighted by atomic mass is 35.7. The zero-order valence-electron chi connectivity index (χ0n) is 7.08. The van der Waals surface area contributed by atoms with E-state index in [1.54, 1.807) is 0 Å². The minimum absolute atomic E-state index is 0.852. The van der Waals surface area contributed by atoms with Gasteiger partial charge in [-0.15, -0.1) is 44.3 Å². The van der Waals surface area contributed by atoms with Crippen LogP contribution in [0, 0.1) is 0 Å². The molecule has 0 bridgehead atoms. The van der Waals surface area contributed by atoms with E-state index in [0.717, 1.165) is 12.5 Å². The van der Waals surface area contributed by atoms with E-state index < -0.39 is 13.4 Å². The zero-order chi connectivity index (χ0) is 9.83. The topological polar surface area (TPSA) is 0 Å². The van der Waals surface area contributed by atoms with Gasteiger partial charge < -0.3 is 0 Å². The second-order valence-corrected chi connectivity index (χ2v) is 18.7. The molecule has 12 heavy (non-hydrogen) atoms. The van der Waals surface area contributed by atoms with Gasteiger partial charge in [-0.25, -0.2) is 0 Å². The third-order valence-corrected chi connectivity index (χ3v) is 5.04. The molecule has 0 rings (SSSR count). The van der Waals surface area contributed by atoms with Crippen molar-refractivity contribution in [1.29, 1.82) is 0 Å². The second kappa shape index (κ2) is 5.27. The highest BCUT2D eigenvalue weighted by Crippen LogP contribution is 2.22. The summed E-state index contributed by atoms with van der Waals surface area (Å²) in [7, 11) is 0. The summed E-state index contributed by atoms with van der Waals surface area (Å²) in [6, 6.07) is 0.852. The molecule has 0 unspecified atom stereocenters. The maximum Gasteiger partial charge on any atom is 0.270 e. The summed E-state index contributed by atoms with van der Waals surface area (Å²) in [6.45, 7) is -0.235. The summed E-state index contributed by atoms with van der Waals surface area (Å²) in [4.78, 5) is 0. The molecule has 0 aromatic carbocycles. The van der Waals surface area contributed by atoms with Gasteiger partial charge in [0.1, 0.15) is 0 Å². The number of hydrogen-bond donors (Lipinski definition) is 0. The molecule has 0 fully saturated rings. The molecule has 0 aromatic rings. The van der Waals surface area contributed by atoms with E-state index in [1.807, 2.05) is 24.9 Å². The predicted octanol–water partition coefficient (Wildman–Crippen LogP) is 4.57. The van der Waals surface area contributed by atoms with E-state index in [0.29, 0.717) is 0 Å². The molecule has 0 saturated carbocycles. The fourth-order valence-electron chi connectivity index (χ4n) is 0.627. The smallest absolute Gasteiger partial charge is 0.146 e. The Morgan fingerprint density at radius 2 is 1.58 bits per heavy atom. The van der Waals surface area contributed by atoms with Crippen molar-refractivity contribution in [3.05, 3.63) is 11.8 Å². The standard InChI is InChI=1S/C6H12Cl4Si2/c1-11(7,8)5-3-4-6-12(2,9)10/h3,5H,4,6H2,1-2H3. The summed E-state index contributed by atoms with van der Waals surface area (Å²) >= 11 is 23.5. The first-order chi connectivity index (χ1) is 5.21. The molecule has 0 nitrogen and oxygen atoms in total. The molecule has 0 aliphatic rings. The van der Waals surface area contributed by atoms with Crippen LogP contribution in [0.3, 0.4) is 0 Å². The Balaban J connectivity index is 3.64. The number of rotatable bonds is 4. The van der Waals surface area contributed by atoms with Crippen LogP contribution in [0.4, 0.5) is 0 Å². The Bertz CT molecular complexity index is 156. The lowest BCUT2D eigenvalue weighted by Crippen LogP contribution is -2.11. The molecule has 0 aromatic heterocycles. The molecule has 0 spiro atoms. The van der Waals surface area contributed by atoms with Gasteiger partial charge in [-0.05, 0) is 25.6 Å². The molecule has 0 aliphatic carbocycles. The summed E-state index contributed by atoms with van der Waals surface area (Å²) in [5.74, 6) is 0. The average molecular weight is 282 g/mol. The highest BCUT2D eigenvalue weighted by molar-refractivity contribution is 7.47. The van der Waals surface area contributed by atoms with Crippen molar-refractivity contribution in [1.82, 2.24) is 0 Å². The third kappa shape index (κ3) is 11.3. The minimum Gasteiger partial charge on any atom is -0.146 e. The van der Waals surface area contributed by atoms with Crippen molar-refractivity contribution < 1.29 is 0 Å². The van der Waals surface area contributed by atoms with Crippen LogP contribution in [-0.4, -0.2) is 13.4 Å². The van der Waals surface area contributed by atoms with Crippen LogP contribution in [-0.2, 0) is 0 Å². The molecular weight excluding hydrogens is 270 g/mol. The van der Waals surface area contributed by atoms with Gasteiger partial charge in [0, 0.05) is 0 Å². The predicted molar refractivity (Wildman–Crippen MR) is 65.2 cm³/mol. The molecule has 6 heteroatoms. The molecule has 0 radical (unpaired) electrons. The van der Waals surface area contributed by atoms with Gasteiger partial charge in [-0.2, -0.15) is 0 Å². The van der Waals surface area contributed by atoms with E-state index in [9.17, 15) is 0 Å². The van der Waals surface area contributed by atoms with Crippen LogP contribution in [0.1, 0.15) is 6.42 Å². The molecule has 72 valence electrons. The second-order valence-electron chi connectivity index (χ2n) is 2.97. The Labute approximate surface area is 94.7 Å². The Morgan fingerprint density at radius 3 is 1.92 bits per heavy atom. The van der Waals surface area contributed by atoms with Crippen LogP contribution in [0.5, 0.6) is 0 Å². The largest absolute Gasteiger partial charge is 0.270 e. The molecule has 0 heterocycles. The lowest BCUT2D eigenvalue weighted by atomic mass is 10.5. The maximum absolute atomic E-state index is 5.90. The van der Waals surface area contributed by atoms with E-state index in [4.69, 9.17) is 44.3 Å². The van der Waals surface area contributed by atoms with Crippen LogP contribution in [0.15, 0.2) is 11.8 Å². The Morgan fingerprint density at radius 1 is 1.08 bits per heavy atom. The molecular formula is C6H12Cl4Si2. The van der Waals surface area contributed by atoms with Crippen molar-refractivity contribution in [2.75, 3.05) is 0 Å². The van der Waals surface area contributed by atoms with E-state index in [1.165, 1.54) is 0 Å². The minimum atomic E-state index is -2.06. The van der Waals surface area contributed by atoms with Gasteiger partial charge in [0.25, 0.3) is 6.69 Å². The van der Waals surface area contributed by atoms with Crippen molar-refractivity contribution in [3.8, 4) is 0 Å². The van der Waals surface area contributed by atoms with Gasteiger partial charge in [0.15, 0.2) is 0 Å². The highest BCUT2D eigenvalue weighted by Gasteiger charge is 2.20. The fourth-order valence-corrected chi connectivity index (χ4v) is 3.07. The van der Waals surface area contributed by atoms with E-state index in [2.05, 4.69) is 0 Å². The summed E-state index contributed by atoms with van der Waals surface area (Å²) < 4.78 is 0.